The molecular weight excluding hydrogens is 247 g/mol. The first-order chi connectivity index (χ1) is 7.52. The van der Waals surface area contributed by atoms with Crippen molar-refractivity contribution in [2.45, 2.75) is 6.92 Å². The summed E-state index contributed by atoms with van der Waals surface area (Å²) in [4.78, 5) is 11.9. The molecule has 2 rings (SSSR count). The summed E-state index contributed by atoms with van der Waals surface area (Å²) >= 11 is 11.7. The van der Waals surface area contributed by atoms with E-state index in [-0.39, 0.29) is 10.6 Å². The molecule has 16 heavy (non-hydrogen) atoms. The van der Waals surface area contributed by atoms with Crippen molar-refractivity contribution in [1.82, 2.24) is 9.36 Å². The van der Waals surface area contributed by atoms with Crippen molar-refractivity contribution in [3.05, 3.63) is 50.4 Å². The lowest BCUT2D eigenvalue weighted by Crippen LogP contribution is -2.19. The summed E-state index contributed by atoms with van der Waals surface area (Å²) < 4.78 is 3.22. The maximum atomic E-state index is 11.9. The van der Waals surface area contributed by atoms with E-state index >= 15 is 0 Å². The molecular formula is C11H10Cl2N2O. The molecule has 1 aromatic carbocycles. The molecule has 2 aromatic rings. The minimum atomic E-state index is -0.219. The maximum absolute atomic E-state index is 11.9. The molecule has 0 saturated carbocycles. The van der Waals surface area contributed by atoms with E-state index in [1.54, 1.807) is 42.9 Å². The second-order valence-corrected chi connectivity index (χ2v) is 4.33. The Morgan fingerprint density at radius 1 is 1.12 bits per heavy atom. The van der Waals surface area contributed by atoms with Gasteiger partial charge in [-0.25, -0.2) is 4.68 Å². The van der Waals surface area contributed by atoms with Crippen molar-refractivity contribution in [3.8, 4) is 5.69 Å². The molecule has 0 spiro atoms. The molecule has 0 radical (unpaired) electrons. The van der Waals surface area contributed by atoms with E-state index in [1.165, 1.54) is 4.68 Å². The van der Waals surface area contributed by atoms with Crippen LogP contribution in [-0.4, -0.2) is 9.36 Å². The van der Waals surface area contributed by atoms with E-state index in [0.29, 0.717) is 5.02 Å². The average Bonchev–Trinajstić information content (AvgIpc) is 2.46. The number of benzene rings is 1. The van der Waals surface area contributed by atoms with Crippen LogP contribution in [0.1, 0.15) is 5.69 Å². The van der Waals surface area contributed by atoms with Gasteiger partial charge in [0.15, 0.2) is 0 Å². The van der Waals surface area contributed by atoms with Crippen LogP contribution in [0, 0.1) is 6.92 Å². The van der Waals surface area contributed by atoms with Crippen LogP contribution in [-0.2, 0) is 7.05 Å². The highest BCUT2D eigenvalue weighted by atomic mass is 35.5. The van der Waals surface area contributed by atoms with Gasteiger partial charge in [0, 0.05) is 12.1 Å². The van der Waals surface area contributed by atoms with Gasteiger partial charge in [-0.2, -0.15) is 0 Å². The normalized spacial score (nSPS) is 10.8. The molecule has 0 fully saturated rings. The van der Waals surface area contributed by atoms with Crippen molar-refractivity contribution in [2.24, 2.45) is 7.05 Å². The monoisotopic (exact) mass is 256 g/mol. The molecule has 0 bridgehead atoms. The van der Waals surface area contributed by atoms with Crippen LogP contribution in [0.25, 0.3) is 5.69 Å². The van der Waals surface area contributed by atoms with Crippen molar-refractivity contribution in [2.75, 3.05) is 0 Å². The fraction of sp³-hybridized carbons (Fsp3) is 0.182. The SMILES string of the molecule is Cc1c(Cl)c(=O)n(-c2ccc(Cl)cc2)n1C. The zero-order valence-corrected chi connectivity index (χ0v) is 10.4. The Balaban J connectivity index is 2.70. The number of halogens is 2. The molecule has 0 N–H and O–H groups in total. The molecule has 3 nitrogen and oxygen atoms in total. The highest BCUT2D eigenvalue weighted by Gasteiger charge is 2.13. The highest BCUT2D eigenvalue weighted by molar-refractivity contribution is 6.31. The minimum Gasteiger partial charge on any atom is -0.284 e. The van der Waals surface area contributed by atoms with Crippen LogP contribution in [0.5, 0.6) is 0 Å². The number of rotatable bonds is 1. The molecule has 84 valence electrons. The molecule has 0 aliphatic heterocycles. The fourth-order valence-electron chi connectivity index (χ4n) is 1.55. The lowest BCUT2D eigenvalue weighted by molar-refractivity contribution is 0.630. The van der Waals surface area contributed by atoms with E-state index in [4.69, 9.17) is 23.2 Å². The van der Waals surface area contributed by atoms with Gasteiger partial charge in [0.1, 0.15) is 5.02 Å². The van der Waals surface area contributed by atoms with Gasteiger partial charge >= 0.3 is 0 Å². The largest absolute Gasteiger partial charge is 0.290 e. The quantitative estimate of drug-likeness (QED) is 0.771. The van der Waals surface area contributed by atoms with Gasteiger partial charge in [-0.05, 0) is 31.2 Å². The molecule has 1 aromatic heterocycles. The van der Waals surface area contributed by atoms with Gasteiger partial charge in [-0.3, -0.25) is 9.48 Å². The van der Waals surface area contributed by atoms with Gasteiger partial charge in [-0.15, -0.1) is 0 Å². The summed E-state index contributed by atoms with van der Waals surface area (Å²) in [5.41, 5.74) is 1.26. The van der Waals surface area contributed by atoms with Crippen molar-refractivity contribution in [3.63, 3.8) is 0 Å². The standard InChI is InChI=1S/C11H10Cl2N2O/c1-7-10(13)11(16)15(14(7)2)9-5-3-8(12)4-6-9/h3-6H,1-2H3. The first-order valence-electron chi connectivity index (χ1n) is 4.72. The summed E-state index contributed by atoms with van der Waals surface area (Å²) in [6.45, 7) is 1.80. The number of aromatic nitrogens is 2. The van der Waals surface area contributed by atoms with Gasteiger partial charge in [0.2, 0.25) is 0 Å². The first kappa shape index (κ1) is 11.3. The Hall–Kier alpha value is -1.19. The molecule has 0 atom stereocenters. The van der Waals surface area contributed by atoms with Crippen LogP contribution in [0.4, 0.5) is 0 Å². The van der Waals surface area contributed by atoms with Crippen LogP contribution in [0.2, 0.25) is 10.0 Å². The van der Waals surface area contributed by atoms with Gasteiger partial charge < -0.3 is 0 Å². The van der Waals surface area contributed by atoms with Gasteiger partial charge in [-0.1, -0.05) is 23.2 Å². The lowest BCUT2D eigenvalue weighted by Gasteiger charge is -2.07. The first-order valence-corrected chi connectivity index (χ1v) is 5.48. The predicted molar refractivity (Wildman–Crippen MR) is 65.8 cm³/mol. The second-order valence-electron chi connectivity index (χ2n) is 3.52. The van der Waals surface area contributed by atoms with Crippen LogP contribution in [0.15, 0.2) is 29.1 Å². The lowest BCUT2D eigenvalue weighted by atomic mass is 10.3. The summed E-state index contributed by atoms with van der Waals surface area (Å²) in [7, 11) is 1.79. The Kier molecular flexibility index (Phi) is 2.82. The van der Waals surface area contributed by atoms with E-state index in [9.17, 15) is 4.79 Å². The van der Waals surface area contributed by atoms with Crippen molar-refractivity contribution in [1.29, 1.82) is 0 Å². The van der Waals surface area contributed by atoms with E-state index in [1.807, 2.05) is 0 Å². The third-order valence-corrected chi connectivity index (χ3v) is 3.24. The summed E-state index contributed by atoms with van der Waals surface area (Å²) in [6, 6.07) is 7.03. The average molecular weight is 257 g/mol. The van der Waals surface area contributed by atoms with E-state index in [2.05, 4.69) is 0 Å². The molecule has 0 aliphatic carbocycles. The zero-order valence-electron chi connectivity index (χ0n) is 8.87. The minimum absolute atomic E-state index is 0.219. The molecule has 0 saturated heterocycles. The van der Waals surface area contributed by atoms with Gasteiger partial charge in [0.25, 0.3) is 5.56 Å². The Labute approximate surface area is 103 Å². The number of nitrogens with zero attached hydrogens (tertiary/aromatic N) is 2. The van der Waals surface area contributed by atoms with Crippen LogP contribution in [0.3, 0.4) is 0 Å². The molecule has 5 heteroatoms. The maximum Gasteiger partial charge on any atom is 0.290 e. The summed E-state index contributed by atoms with van der Waals surface area (Å²) in [6.07, 6.45) is 0. The zero-order chi connectivity index (χ0) is 11.9. The fourth-order valence-corrected chi connectivity index (χ4v) is 1.88. The summed E-state index contributed by atoms with van der Waals surface area (Å²) in [5, 5.41) is 0.881. The van der Waals surface area contributed by atoms with Crippen LogP contribution < -0.4 is 5.56 Å². The summed E-state index contributed by atoms with van der Waals surface area (Å²) in [5.74, 6) is 0. The van der Waals surface area contributed by atoms with E-state index < -0.39 is 0 Å². The Morgan fingerprint density at radius 2 is 1.69 bits per heavy atom. The van der Waals surface area contributed by atoms with E-state index in [0.717, 1.165) is 11.4 Å². The molecule has 0 aliphatic rings. The van der Waals surface area contributed by atoms with Crippen molar-refractivity contribution < 1.29 is 0 Å². The van der Waals surface area contributed by atoms with Gasteiger partial charge in [0.05, 0.1) is 11.4 Å². The Morgan fingerprint density at radius 3 is 2.12 bits per heavy atom. The number of hydrogen-bond donors (Lipinski definition) is 0. The highest BCUT2D eigenvalue weighted by Crippen LogP contribution is 2.16. The van der Waals surface area contributed by atoms with Crippen molar-refractivity contribution >= 4 is 23.2 Å². The molecule has 1 heterocycles. The third-order valence-electron chi connectivity index (χ3n) is 2.55. The molecule has 0 unspecified atom stereocenters. The van der Waals surface area contributed by atoms with Crippen LogP contribution >= 0.6 is 23.2 Å². The second kappa shape index (κ2) is 4.00. The molecule has 0 amide bonds. The smallest absolute Gasteiger partial charge is 0.284 e. The predicted octanol–water partition coefficient (Wildman–Crippen LogP) is 2.79. The number of hydrogen-bond acceptors (Lipinski definition) is 1. The topological polar surface area (TPSA) is 26.9 Å². The Bertz CT molecular complexity index is 581. The third kappa shape index (κ3) is 1.66.